The molecule has 2 saturated carbocycles. The van der Waals surface area contributed by atoms with Crippen LogP contribution in [0.5, 0.6) is 17.2 Å². The van der Waals surface area contributed by atoms with Gasteiger partial charge in [-0.1, -0.05) is 0 Å². The zero-order valence-electron chi connectivity index (χ0n) is 21.2. The maximum Gasteiger partial charge on any atom is 0.255 e. The van der Waals surface area contributed by atoms with Gasteiger partial charge in [0.15, 0.2) is 0 Å². The molecule has 0 aliphatic heterocycles. The molecule has 2 aliphatic carbocycles. The molecule has 196 valence electrons. The second kappa shape index (κ2) is 9.26. The average Bonchev–Trinajstić information content (AvgIpc) is 3.23. The van der Waals surface area contributed by atoms with Crippen molar-refractivity contribution in [3.63, 3.8) is 0 Å². The first kappa shape index (κ1) is 24.9. The van der Waals surface area contributed by atoms with E-state index in [1.165, 1.54) is 7.11 Å². The Hall–Kier alpha value is -3.79. The van der Waals surface area contributed by atoms with Crippen molar-refractivity contribution in [1.29, 1.82) is 0 Å². The van der Waals surface area contributed by atoms with Crippen LogP contribution in [-0.4, -0.2) is 58.0 Å². The predicted octanol–water partition coefficient (Wildman–Crippen LogP) is 2.71. The zero-order valence-corrected chi connectivity index (χ0v) is 21.2. The van der Waals surface area contributed by atoms with Crippen molar-refractivity contribution in [3.05, 3.63) is 53.9 Å². The number of benzene rings is 1. The van der Waals surface area contributed by atoms with Crippen molar-refractivity contribution in [3.8, 4) is 17.2 Å². The largest absolute Gasteiger partial charge is 0.497 e. The summed E-state index contributed by atoms with van der Waals surface area (Å²) in [6.45, 7) is 3.49. The number of nitrogens with one attached hydrogen (secondary N) is 1. The second-order valence-electron chi connectivity index (χ2n) is 10.8. The van der Waals surface area contributed by atoms with Crippen LogP contribution in [0, 0.1) is 5.41 Å². The van der Waals surface area contributed by atoms with E-state index in [2.05, 4.69) is 10.4 Å². The van der Waals surface area contributed by atoms with Crippen LogP contribution >= 0.6 is 0 Å². The highest BCUT2D eigenvalue weighted by molar-refractivity contribution is 6.00. The number of fused-ring (bicyclic) bond motifs is 1. The monoisotopic (exact) mass is 508 g/mol. The molecule has 2 amide bonds. The van der Waals surface area contributed by atoms with Gasteiger partial charge in [-0.15, -0.1) is 0 Å². The van der Waals surface area contributed by atoms with E-state index in [0.717, 1.165) is 25.7 Å². The normalized spacial score (nSPS) is 22.7. The number of hydrogen-bond donors (Lipinski definition) is 3. The number of amides is 2. The number of ether oxygens (including phenoxy) is 3. The van der Waals surface area contributed by atoms with E-state index in [4.69, 9.17) is 19.9 Å². The molecule has 5 rings (SSSR count). The molecule has 10 heteroatoms. The molecule has 4 N–H and O–H groups in total. The van der Waals surface area contributed by atoms with E-state index >= 15 is 0 Å². The van der Waals surface area contributed by atoms with Crippen LogP contribution in [0.1, 0.15) is 60.2 Å². The number of rotatable bonds is 9. The highest BCUT2D eigenvalue weighted by Gasteiger charge is 2.54. The third-order valence-electron chi connectivity index (χ3n) is 7.09. The van der Waals surface area contributed by atoms with Gasteiger partial charge in [-0.25, -0.2) is 4.52 Å². The van der Waals surface area contributed by atoms with Gasteiger partial charge in [0.2, 0.25) is 0 Å². The molecule has 2 heterocycles. The van der Waals surface area contributed by atoms with Crippen LogP contribution in [0.25, 0.3) is 5.52 Å². The topological polar surface area (TPSA) is 137 Å². The van der Waals surface area contributed by atoms with Gasteiger partial charge in [0.25, 0.3) is 11.8 Å². The molecule has 0 bridgehead atoms. The molecule has 0 unspecified atom stereocenters. The fourth-order valence-electron chi connectivity index (χ4n) is 5.27. The van der Waals surface area contributed by atoms with Crippen molar-refractivity contribution in [1.82, 2.24) is 14.9 Å². The van der Waals surface area contributed by atoms with Crippen LogP contribution in [0.3, 0.4) is 0 Å². The third-order valence-corrected chi connectivity index (χ3v) is 7.09. The summed E-state index contributed by atoms with van der Waals surface area (Å²) in [5, 5.41) is 17.3. The van der Waals surface area contributed by atoms with E-state index < -0.39 is 11.5 Å². The Labute approximate surface area is 214 Å². The standard InChI is InChI=1S/C27H32N4O6/c1-26(2,34)15-36-18-4-6-22-21(13-29-31(22)14-18)25(33)30-16-9-27(10-16)11-19(12-27)37-23-7-5-17(35-3)8-20(23)24(28)32/h4-8,13-14,16,19,34H,9-12,15H2,1-3H3,(H2,28,32)(H,30,33). The smallest absolute Gasteiger partial charge is 0.255 e. The maximum atomic E-state index is 12.9. The summed E-state index contributed by atoms with van der Waals surface area (Å²) in [6, 6.07) is 8.70. The van der Waals surface area contributed by atoms with Crippen molar-refractivity contribution in [2.75, 3.05) is 13.7 Å². The quantitative estimate of drug-likeness (QED) is 0.404. The fourth-order valence-corrected chi connectivity index (χ4v) is 5.27. The highest BCUT2D eigenvalue weighted by Crippen LogP contribution is 2.57. The molecule has 3 aromatic rings. The van der Waals surface area contributed by atoms with Crippen LogP contribution in [-0.2, 0) is 0 Å². The number of nitrogens with zero attached hydrogens (tertiary/aromatic N) is 2. The number of pyridine rings is 1. The first-order chi connectivity index (χ1) is 17.5. The first-order valence-electron chi connectivity index (χ1n) is 12.3. The number of carbonyl (C=O) groups is 2. The lowest BCUT2D eigenvalue weighted by Gasteiger charge is -2.57. The Morgan fingerprint density at radius 2 is 1.89 bits per heavy atom. The number of primary amides is 1. The predicted molar refractivity (Wildman–Crippen MR) is 135 cm³/mol. The number of hydrogen-bond acceptors (Lipinski definition) is 7. The number of aromatic nitrogens is 2. The van der Waals surface area contributed by atoms with E-state index in [-0.39, 0.29) is 30.1 Å². The Morgan fingerprint density at radius 1 is 1.16 bits per heavy atom. The van der Waals surface area contributed by atoms with E-state index in [1.807, 2.05) is 0 Å². The van der Waals surface area contributed by atoms with Gasteiger partial charge in [0, 0.05) is 6.04 Å². The van der Waals surface area contributed by atoms with Crippen LogP contribution in [0.15, 0.2) is 42.7 Å². The van der Waals surface area contributed by atoms with Crippen molar-refractivity contribution < 1.29 is 28.9 Å². The molecule has 1 aromatic carbocycles. The van der Waals surface area contributed by atoms with E-state index in [1.54, 1.807) is 61.1 Å². The molecule has 0 saturated heterocycles. The molecule has 10 nitrogen and oxygen atoms in total. The van der Waals surface area contributed by atoms with Gasteiger partial charge in [0.05, 0.1) is 47.9 Å². The maximum absolute atomic E-state index is 12.9. The van der Waals surface area contributed by atoms with Crippen LogP contribution in [0.4, 0.5) is 0 Å². The van der Waals surface area contributed by atoms with E-state index in [9.17, 15) is 14.7 Å². The zero-order chi connectivity index (χ0) is 26.4. The summed E-state index contributed by atoms with van der Waals surface area (Å²) < 4.78 is 18.4. The minimum absolute atomic E-state index is 0.00980. The van der Waals surface area contributed by atoms with E-state index in [0.29, 0.717) is 33.9 Å². The molecule has 2 aliphatic rings. The Kier molecular flexibility index (Phi) is 6.23. The van der Waals surface area contributed by atoms with Gasteiger partial charge in [-0.3, -0.25) is 9.59 Å². The first-order valence-corrected chi connectivity index (χ1v) is 12.3. The number of aliphatic hydroxyl groups is 1. The summed E-state index contributed by atoms with van der Waals surface area (Å²) in [5.74, 6) is 0.870. The number of nitrogens with two attached hydrogens (primary N) is 1. The van der Waals surface area contributed by atoms with Crippen LogP contribution in [0.2, 0.25) is 0 Å². The Bertz CT molecular complexity index is 1330. The van der Waals surface area contributed by atoms with Crippen molar-refractivity contribution in [2.24, 2.45) is 11.1 Å². The number of carbonyl (C=O) groups excluding carboxylic acids is 2. The van der Waals surface area contributed by atoms with Crippen LogP contribution < -0.4 is 25.3 Å². The minimum atomic E-state index is -0.945. The van der Waals surface area contributed by atoms with Gasteiger partial charge >= 0.3 is 0 Å². The lowest BCUT2D eigenvalue weighted by molar-refractivity contribution is -0.0834. The summed E-state index contributed by atoms with van der Waals surface area (Å²) in [4.78, 5) is 24.7. The molecule has 2 aromatic heterocycles. The van der Waals surface area contributed by atoms with Crippen molar-refractivity contribution >= 4 is 17.3 Å². The lowest BCUT2D eigenvalue weighted by Crippen LogP contribution is -2.58. The molecule has 37 heavy (non-hydrogen) atoms. The average molecular weight is 509 g/mol. The SMILES string of the molecule is COc1ccc(OC2CC3(CC(NC(=O)c4cnn5cc(OCC(C)(C)O)ccc45)C3)C2)c(C(N)=O)c1. The second-order valence-corrected chi connectivity index (χ2v) is 10.8. The lowest BCUT2D eigenvalue weighted by atomic mass is 9.53. The third kappa shape index (κ3) is 5.20. The minimum Gasteiger partial charge on any atom is -0.497 e. The summed E-state index contributed by atoms with van der Waals surface area (Å²) in [7, 11) is 1.53. The van der Waals surface area contributed by atoms with Crippen molar-refractivity contribution in [2.45, 2.75) is 57.3 Å². The Balaban J connectivity index is 1.13. The summed E-state index contributed by atoms with van der Waals surface area (Å²) >= 11 is 0. The van der Waals surface area contributed by atoms with Gasteiger partial charge in [0.1, 0.15) is 23.9 Å². The Morgan fingerprint density at radius 3 is 2.57 bits per heavy atom. The highest BCUT2D eigenvalue weighted by atomic mass is 16.5. The van der Waals surface area contributed by atoms with Gasteiger partial charge in [-0.05, 0) is 75.3 Å². The molecular weight excluding hydrogens is 476 g/mol. The molecule has 0 atom stereocenters. The summed E-state index contributed by atoms with van der Waals surface area (Å²) in [5.41, 5.74) is 6.22. The molecule has 2 fully saturated rings. The fraction of sp³-hybridized carbons (Fsp3) is 0.444. The van der Waals surface area contributed by atoms with Gasteiger partial charge in [-0.2, -0.15) is 5.10 Å². The molecular formula is C27H32N4O6. The number of methoxy groups -OCH3 is 1. The molecule has 0 radical (unpaired) electrons. The van der Waals surface area contributed by atoms with Gasteiger partial charge < -0.3 is 30.4 Å². The molecule has 1 spiro atoms. The summed E-state index contributed by atoms with van der Waals surface area (Å²) in [6.07, 6.45) is 6.77.